The summed E-state index contributed by atoms with van der Waals surface area (Å²) >= 11 is 5.90. The van der Waals surface area contributed by atoms with E-state index in [0.717, 1.165) is 0 Å². The molecule has 2 aromatic rings. The summed E-state index contributed by atoms with van der Waals surface area (Å²) in [5.41, 5.74) is 0.584. The highest BCUT2D eigenvalue weighted by molar-refractivity contribution is 6.34. The van der Waals surface area contributed by atoms with Gasteiger partial charge in [-0.1, -0.05) is 23.7 Å². The van der Waals surface area contributed by atoms with Crippen molar-refractivity contribution in [2.45, 2.75) is 6.92 Å². The Morgan fingerprint density at radius 2 is 1.64 bits per heavy atom. The van der Waals surface area contributed by atoms with E-state index in [0.29, 0.717) is 5.69 Å². The highest BCUT2D eigenvalue weighted by Gasteiger charge is 2.16. The Hall–Kier alpha value is -2.66. The number of amides is 1. The number of halogens is 1. The molecule has 0 saturated heterocycles. The zero-order chi connectivity index (χ0) is 16.3. The lowest BCUT2D eigenvalue weighted by atomic mass is 10.1. The summed E-state index contributed by atoms with van der Waals surface area (Å²) in [6, 6.07) is 10.4. The lowest BCUT2D eigenvalue weighted by Crippen LogP contribution is -2.16. The van der Waals surface area contributed by atoms with Crippen molar-refractivity contribution in [1.82, 2.24) is 0 Å². The van der Waals surface area contributed by atoms with E-state index in [1.807, 2.05) is 0 Å². The van der Waals surface area contributed by atoms with Crippen LogP contribution in [0.1, 0.15) is 38.0 Å². The molecule has 22 heavy (non-hydrogen) atoms. The number of aromatic carboxylic acids is 1. The van der Waals surface area contributed by atoms with Gasteiger partial charge in [-0.25, -0.2) is 4.79 Å². The van der Waals surface area contributed by atoms with Crippen LogP contribution in [0.5, 0.6) is 0 Å². The van der Waals surface area contributed by atoms with Gasteiger partial charge in [-0.05, 0) is 37.3 Å². The zero-order valence-corrected chi connectivity index (χ0v) is 12.3. The smallest absolute Gasteiger partial charge is 0.336 e. The van der Waals surface area contributed by atoms with Gasteiger partial charge < -0.3 is 10.4 Å². The molecule has 0 saturated carbocycles. The Morgan fingerprint density at radius 1 is 1.00 bits per heavy atom. The van der Waals surface area contributed by atoms with Crippen LogP contribution >= 0.6 is 11.6 Å². The lowest BCUT2D eigenvalue weighted by molar-refractivity contribution is 0.0692. The number of Topliss-reactive ketones (excluding diaryl/α,β-unsaturated/α-hetero) is 1. The Labute approximate surface area is 131 Å². The number of carboxylic acids is 1. The average Bonchev–Trinajstić information content (AvgIpc) is 2.48. The third-order valence-electron chi connectivity index (χ3n) is 3.01. The van der Waals surface area contributed by atoms with Gasteiger partial charge in [0.2, 0.25) is 0 Å². The lowest BCUT2D eigenvalue weighted by Gasteiger charge is -2.09. The summed E-state index contributed by atoms with van der Waals surface area (Å²) in [5, 5.41) is 11.9. The quantitative estimate of drug-likeness (QED) is 0.845. The van der Waals surface area contributed by atoms with Crippen molar-refractivity contribution >= 4 is 34.9 Å². The first-order chi connectivity index (χ1) is 10.4. The first kappa shape index (κ1) is 15.7. The molecule has 0 aliphatic carbocycles. The SMILES string of the molecule is CC(=O)c1cc(NC(=O)c2ccccc2C(=O)O)ccc1Cl. The number of hydrogen-bond acceptors (Lipinski definition) is 3. The summed E-state index contributed by atoms with van der Waals surface area (Å²) in [7, 11) is 0. The number of ketones is 1. The van der Waals surface area contributed by atoms with E-state index in [1.54, 1.807) is 6.07 Å². The number of anilines is 1. The highest BCUT2D eigenvalue weighted by atomic mass is 35.5. The maximum Gasteiger partial charge on any atom is 0.336 e. The maximum atomic E-state index is 12.2. The molecule has 0 spiro atoms. The number of carboxylic acid groups (broad SMARTS) is 1. The fourth-order valence-corrected chi connectivity index (χ4v) is 2.19. The van der Waals surface area contributed by atoms with E-state index in [1.165, 1.54) is 43.3 Å². The van der Waals surface area contributed by atoms with Crippen molar-refractivity contribution in [3.63, 3.8) is 0 Å². The molecule has 0 heterocycles. The molecule has 0 aliphatic heterocycles. The third kappa shape index (κ3) is 3.32. The third-order valence-corrected chi connectivity index (χ3v) is 3.34. The van der Waals surface area contributed by atoms with Crippen LogP contribution in [0.2, 0.25) is 5.02 Å². The Kier molecular flexibility index (Phi) is 4.58. The summed E-state index contributed by atoms with van der Waals surface area (Å²) in [4.78, 5) is 34.8. The van der Waals surface area contributed by atoms with Crippen molar-refractivity contribution in [1.29, 1.82) is 0 Å². The van der Waals surface area contributed by atoms with Gasteiger partial charge in [0.05, 0.1) is 16.1 Å². The van der Waals surface area contributed by atoms with Crippen LogP contribution in [0, 0.1) is 0 Å². The van der Waals surface area contributed by atoms with Crippen LogP contribution in [0.25, 0.3) is 0 Å². The Balaban J connectivity index is 2.32. The van der Waals surface area contributed by atoms with Gasteiger partial charge >= 0.3 is 5.97 Å². The molecular formula is C16H12ClNO4. The normalized spacial score (nSPS) is 10.1. The van der Waals surface area contributed by atoms with E-state index < -0.39 is 11.9 Å². The van der Waals surface area contributed by atoms with E-state index in [4.69, 9.17) is 16.7 Å². The molecule has 2 aromatic carbocycles. The molecule has 0 bridgehead atoms. The van der Waals surface area contributed by atoms with E-state index >= 15 is 0 Å². The summed E-state index contributed by atoms with van der Waals surface area (Å²) in [6.07, 6.45) is 0. The van der Waals surface area contributed by atoms with Crippen molar-refractivity contribution in [3.05, 3.63) is 64.2 Å². The van der Waals surface area contributed by atoms with Crippen molar-refractivity contribution in [2.24, 2.45) is 0 Å². The second-order valence-electron chi connectivity index (χ2n) is 4.56. The second-order valence-corrected chi connectivity index (χ2v) is 4.96. The highest BCUT2D eigenvalue weighted by Crippen LogP contribution is 2.22. The summed E-state index contributed by atoms with van der Waals surface area (Å²) < 4.78 is 0. The van der Waals surface area contributed by atoms with Gasteiger partial charge in [-0.15, -0.1) is 0 Å². The average molecular weight is 318 g/mol. The first-order valence-electron chi connectivity index (χ1n) is 6.34. The molecule has 112 valence electrons. The van der Waals surface area contributed by atoms with Crippen molar-refractivity contribution in [2.75, 3.05) is 5.32 Å². The van der Waals surface area contributed by atoms with Crippen LogP contribution < -0.4 is 5.32 Å². The van der Waals surface area contributed by atoms with Gasteiger partial charge in [0.25, 0.3) is 5.91 Å². The standard InChI is InChI=1S/C16H12ClNO4/c1-9(19)13-8-10(6-7-14(13)17)18-15(20)11-4-2-3-5-12(11)16(21)22/h2-8H,1H3,(H,18,20)(H,21,22). The van der Waals surface area contributed by atoms with E-state index in [-0.39, 0.29) is 27.5 Å². The number of carbonyl (C=O) groups is 3. The number of nitrogens with one attached hydrogen (secondary N) is 1. The van der Waals surface area contributed by atoms with Crippen molar-refractivity contribution in [3.8, 4) is 0 Å². The molecule has 6 heteroatoms. The number of carbonyl (C=O) groups excluding carboxylic acids is 2. The molecule has 0 fully saturated rings. The molecule has 1 amide bonds. The minimum absolute atomic E-state index is 0.0364. The van der Waals surface area contributed by atoms with Gasteiger partial charge in [-0.2, -0.15) is 0 Å². The van der Waals surface area contributed by atoms with Gasteiger partial charge in [-0.3, -0.25) is 9.59 Å². The molecule has 2 rings (SSSR count). The van der Waals surface area contributed by atoms with Crippen molar-refractivity contribution < 1.29 is 19.5 Å². The molecule has 2 N–H and O–H groups in total. The fraction of sp³-hybridized carbons (Fsp3) is 0.0625. The fourth-order valence-electron chi connectivity index (χ4n) is 1.94. The Bertz CT molecular complexity index is 770. The van der Waals surface area contributed by atoms with E-state index in [2.05, 4.69) is 5.32 Å². The van der Waals surface area contributed by atoms with Crippen LogP contribution in [-0.2, 0) is 0 Å². The van der Waals surface area contributed by atoms with Crippen LogP contribution in [0.3, 0.4) is 0 Å². The molecular weight excluding hydrogens is 306 g/mol. The summed E-state index contributed by atoms with van der Waals surface area (Å²) in [6.45, 7) is 1.37. The second kappa shape index (κ2) is 6.41. The number of hydrogen-bond donors (Lipinski definition) is 2. The van der Waals surface area contributed by atoms with Crippen LogP contribution in [0.4, 0.5) is 5.69 Å². The first-order valence-corrected chi connectivity index (χ1v) is 6.72. The molecule has 0 radical (unpaired) electrons. The predicted molar refractivity (Wildman–Crippen MR) is 82.8 cm³/mol. The van der Waals surface area contributed by atoms with Gasteiger partial charge in [0, 0.05) is 11.3 Å². The molecule has 0 atom stereocenters. The van der Waals surface area contributed by atoms with Gasteiger partial charge in [0.15, 0.2) is 5.78 Å². The van der Waals surface area contributed by atoms with Crippen LogP contribution in [-0.4, -0.2) is 22.8 Å². The predicted octanol–water partition coefficient (Wildman–Crippen LogP) is 3.49. The number of rotatable bonds is 4. The van der Waals surface area contributed by atoms with Gasteiger partial charge in [0.1, 0.15) is 0 Å². The molecule has 0 aromatic heterocycles. The minimum Gasteiger partial charge on any atom is -0.478 e. The Morgan fingerprint density at radius 3 is 2.23 bits per heavy atom. The van der Waals surface area contributed by atoms with E-state index in [9.17, 15) is 14.4 Å². The number of benzene rings is 2. The van der Waals surface area contributed by atoms with Crippen LogP contribution in [0.15, 0.2) is 42.5 Å². The largest absolute Gasteiger partial charge is 0.478 e. The monoisotopic (exact) mass is 317 g/mol. The summed E-state index contributed by atoms with van der Waals surface area (Å²) in [5.74, 6) is -1.99. The maximum absolute atomic E-state index is 12.2. The zero-order valence-electron chi connectivity index (χ0n) is 11.6. The topological polar surface area (TPSA) is 83.5 Å². The minimum atomic E-state index is -1.19. The molecule has 0 aliphatic rings. The molecule has 0 unspecified atom stereocenters. The molecule has 5 nitrogen and oxygen atoms in total.